The van der Waals surface area contributed by atoms with E-state index in [9.17, 15) is 13.2 Å². The molecule has 2 heterocycles. The summed E-state index contributed by atoms with van der Waals surface area (Å²) in [5, 5.41) is 11.9. The number of rotatable bonds is 8. The van der Waals surface area contributed by atoms with E-state index in [-0.39, 0.29) is 10.5 Å². The molecule has 0 atom stereocenters. The van der Waals surface area contributed by atoms with Crippen LogP contribution >= 0.6 is 23.6 Å². The van der Waals surface area contributed by atoms with Gasteiger partial charge in [-0.05, 0) is 43.9 Å². The maximum absolute atomic E-state index is 12.7. The minimum absolute atomic E-state index is 0.0191. The molecule has 30 heavy (non-hydrogen) atoms. The van der Waals surface area contributed by atoms with Crippen molar-refractivity contribution in [1.29, 1.82) is 0 Å². The highest BCUT2D eigenvalue weighted by molar-refractivity contribution is 7.89. The Hall–Kier alpha value is -2.67. The molecule has 2 aromatic heterocycles. The van der Waals surface area contributed by atoms with Gasteiger partial charge in [-0.1, -0.05) is 12.1 Å². The number of allylic oxidation sites excluding steroid dienone is 1. The molecule has 0 saturated heterocycles. The average Bonchev–Trinajstić information content (AvgIpc) is 3.29. The third kappa shape index (κ3) is 4.73. The Bertz CT molecular complexity index is 1260. The number of benzene rings is 1. The van der Waals surface area contributed by atoms with Crippen molar-refractivity contribution < 1.29 is 13.2 Å². The van der Waals surface area contributed by atoms with E-state index in [2.05, 4.69) is 31.8 Å². The maximum Gasteiger partial charge on any atom is 0.257 e. The molecular weight excluding hydrogens is 444 g/mol. The van der Waals surface area contributed by atoms with Crippen molar-refractivity contribution in [3.05, 3.63) is 63.7 Å². The molecule has 158 valence electrons. The van der Waals surface area contributed by atoms with Crippen molar-refractivity contribution in [2.45, 2.75) is 24.8 Å². The number of aromatic amines is 1. The zero-order valence-electron chi connectivity index (χ0n) is 16.3. The lowest BCUT2D eigenvalue weighted by molar-refractivity contribution is 0.102. The topological polar surface area (TPSA) is 122 Å². The summed E-state index contributed by atoms with van der Waals surface area (Å²) in [7, 11) is -2.33. The zero-order valence-corrected chi connectivity index (χ0v) is 18.7. The summed E-state index contributed by atoms with van der Waals surface area (Å²) in [5.74, 6) is 0.278. The molecule has 3 aromatic rings. The smallest absolute Gasteiger partial charge is 0.257 e. The highest BCUT2D eigenvalue weighted by atomic mass is 32.2. The number of anilines is 1. The van der Waals surface area contributed by atoms with E-state index in [1.165, 1.54) is 30.5 Å². The van der Waals surface area contributed by atoms with Gasteiger partial charge in [0.05, 0.1) is 17.0 Å². The number of amides is 1. The monoisotopic (exact) mass is 464 g/mol. The Morgan fingerprint density at radius 3 is 2.90 bits per heavy atom. The van der Waals surface area contributed by atoms with Crippen molar-refractivity contribution >= 4 is 44.6 Å². The van der Waals surface area contributed by atoms with Crippen LogP contribution in [-0.2, 0) is 23.0 Å². The predicted molar refractivity (Wildman–Crippen MR) is 118 cm³/mol. The van der Waals surface area contributed by atoms with Gasteiger partial charge in [-0.2, -0.15) is 5.10 Å². The van der Waals surface area contributed by atoms with Crippen LogP contribution in [0, 0.1) is 11.7 Å². The van der Waals surface area contributed by atoms with E-state index in [0.717, 1.165) is 5.69 Å². The fourth-order valence-electron chi connectivity index (χ4n) is 2.71. The summed E-state index contributed by atoms with van der Waals surface area (Å²) < 4.78 is 28.6. The molecule has 1 aromatic carbocycles. The number of hydrogen-bond donors (Lipinski definition) is 3. The van der Waals surface area contributed by atoms with Crippen LogP contribution in [0.1, 0.15) is 27.4 Å². The number of hydrogen-bond acceptors (Lipinski definition) is 7. The number of sulfonamides is 1. The van der Waals surface area contributed by atoms with Gasteiger partial charge in [0.25, 0.3) is 5.91 Å². The fourth-order valence-corrected chi connectivity index (χ4v) is 4.39. The third-order valence-corrected chi connectivity index (χ3v) is 6.82. The number of thiazole rings is 1. The average molecular weight is 465 g/mol. The van der Waals surface area contributed by atoms with Gasteiger partial charge >= 0.3 is 0 Å². The van der Waals surface area contributed by atoms with Crippen molar-refractivity contribution in [1.82, 2.24) is 24.5 Å². The molecule has 3 rings (SSSR count). The Balaban J connectivity index is 1.78. The van der Waals surface area contributed by atoms with E-state index < -0.39 is 15.9 Å². The van der Waals surface area contributed by atoms with Gasteiger partial charge < -0.3 is 0 Å². The first-order valence-electron chi connectivity index (χ1n) is 8.80. The summed E-state index contributed by atoms with van der Waals surface area (Å²) in [4.78, 5) is 17.2. The minimum Gasteiger partial charge on any atom is -0.300 e. The number of carbonyl (C=O) groups excluding carboxylic acids is 1. The molecule has 1 amide bonds. The van der Waals surface area contributed by atoms with E-state index in [1.807, 2.05) is 9.95 Å². The Kier molecular flexibility index (Phi) is 6.61. The van der Waals surface area contributed by atoms with Crippen LogP contribution in [0.25, 0.3) is 0 Å². The SMILES string of the molecule is C=CCn1c(Cc2csc(NC(=O)c3cc(S(=O)(=O)NC)ccc3C)n2)n[nH]c1=S. The van der Waals surface area contributed by atoms with Crippen molar-refractivity contribution in [3.63, 3.8) is 0 Å². The first-order chi connectivity index (χ1) is 14.2. The second-order valence-electron chi connectivity index (χ2n) is 6.30. The highest BCUT2D eigenvalue weighted by Gasteiger charge is 2.18. The summed E-state index contributed by atoms with van der Waals surface area (Å²) in [5.41, 5.74) is 1.63. The number of nitrogens with one attached hydrogen (secondary N) is 3. The second-order valence-corrected chi connectivity index (χ2v) is 9.43. The lowest BCUT2D eigenvalue weighted by Gasteiger charge is -2.08. The van der Waals surface area contributed by atoms with Gasteiger partial charge in [-0.15, -0.1) is 17.9 Å². The molecule has 3 N–H and O–H groups in total. The van der Waals surface area contributed by atoms with Gasteiger partial charge in [0.15, 0.2) is 9.90 Å². The fraction of sp³-hybridized carbons (Fsp3) is 0.222. The van der Waals surface area contributed by atoms with Crippen LogP contribution < -0.4 is 10.0 Å². The van der Waals surface area contributed by atoms with Crippen LogP contribution in [0.15, 0.2) is 41.1 Å². The maximum atomic E-state index is 12.7. The molecule has 0 unspecified atom stereocenters. The van der Waals surface area contributed by atoms with Gasteiger partial charge in [-0.3, -0.25) is 19.8 Å². The van der Waals surface area contributed by atoms with Crippen molar-refractivity contribution in [2.75, 3.05) is 12.4 Å². The molecule has 0 spiro atoms. The lowest BCUT2D eigenvalue weighted by atomic mass is 10.1. The van der Waals surface area contributed by atoms with Gasteiger partial charge in [0.2, 0.25) is 10.0 Å². The molecule has 0 bridgehead atoms. The van der Waals surface area contributed by atoms with Gasteiger partial charge in [0, 0.05) is 17.5 Å². The Morgan fingerprint density at radius 1 is 1.43 bits per heavy atom. The zero-order chi connectivity index (χ0) is 21.9. The van der Waals surface area contributed by atoms with Crippen LogP contribution in [0.5, 0.6) is 0 Å². The molecule has 0 aliphatic rings. The molecular formula is C18H20N6O3S3. The van der Waals surface area contributed by atoms with Crippen molar-refractivity contribution in [3.8, 4) is 0 Å². The number of aryl methyl sites for hydroxylation is 1. The number of aromatic nitrogens is 4. The normalized spacial score (nSPS) is 11.4. The number of nitrogens with zero attached hydrogens (tertiary/aromatic N) is 3. The molecule has 0 saturated carbocycles. The summed E-state index contributed by atoms with van der Waals surface area (Å²) in [6.07, 6.45) is 2.16. The molecule has 0 radical (unpaired) electrons. The lowest BCUT2D eigenvalue weighted by Crippen LogP contribution is -2.20. The van der Waals surface area contributed by atoms with Crippen molar-refractivity contribution in [2.24, 2.45) is 0 Å². The minimum atomic E-state index is -3.65. The quantitative estimate of drug-likeness (QED) is 0.348. The van der Waals surface area contributed by atoms with Gasteiger partial charge in [0.1, 0.15) is 5.82 Å². The van der Waals surface area contributed by atoms with Crippen LogP contribution in [-0.4, -0.2) is 41.1 Å². The summed E-state index contributed by atoms with van der Waals surface area (Å²) in [6.45, 7) is 5.98. The largest absolute Gasteiger partial charge is 0.300 e. The predicted octanol–water partition coefficient (Wildman–Crippen LogP) is 2.64. The Labute approximate surface area is 182 Å². The molecule has 12 heteroatoms. The van der Waals surface area contributed by atoms with Crippen LogP contribution in [0.3, 0.4) is 0 Å². The molecule has 0 fully saturated rings. The van der Waals surface area contributed by atoms with E-state index in [1.54, 1.807) is 19.1 Å². The first kappa shape index (κ1) is 22.0. The molecule has 0 aliphatic carbocycles. The van der Waals surface area contributed by atoms with Crippen LogP contribution in [0.2, 0.25) is 0 Å². The third-order valence-electron chi connectivity index (χ3n) is 4.29. The van der Waals surface area contributed by atoms with Gasteiger partial charge in [-0.25, -0.2) is 18.1 Å². The second kappa shape index (κ2) is 9.00. The van der Waals surface area contributed by atoms with E-state index >= 15 is 0 Å². The first-order valence-corrected chi connectivity index (χ1v) is 11.6. The highest BCUT2D eigenvalue weighted by Crippen LogP contribution is 2.21. The Morgan fingerprint density at radius 2 is 2.20 bits per heavy atom. The van der Waals surface area contributed by atoms with E-state index in [4.69, 9.17) is 12.2 Å². The summed E-state index contributed by atoms with van der Waals surface area (Å²) >= 11 is 6.47. The molecule has 0 aliphatic heterocycles. The van der Waals surface area contributed by atoms with E-state index in [0.29, 0.717) is 34.3 Å². The number of H-pyrrole nitrogens is 1. The molecule has 9 nitrogen and oxygen atoms in total. The summed E-state index contributed by atoms with van der Waals surface area (Å²) in [6, 6.07) is 4.39. The number of carbonyl (C=O) groups is 1. The van der Waals surface area contributed by atoms with Crippen LogP contribution in [0.4, 0.5) is 5.13 Å². The standard InChI is InChI=1S/C18H20N6O3S3/c1-4-7-24-15(22-23-18(24)28)8-12-10-29-17(20-12)21-16(25)14-9-13(6-5-11(14)2)30(26,27)19-3/h4-6,9-10,19H,1,7-8H2,2-3H3,(H,23,28)(H,20,21,25).